The summed E-state index contributed by atoms with van der Waals surface area (Å²) >= 11 is 0. The van der Waals surface area contributed by atoms with E-state index < -0.39 is 0 Å². The van der Waals surface area contributed by atoms with Gasteiger partial charge in [0.05, 0.1) is 10.7 Å². The van der Waals surface area contributed by atoms with Crippen molar-refractivity contribution in [3.8, 4) is 28.5 Å². The van der Waals surface area contributed by atoms with E-state index in [9.17, 15) is 0 Å². The summed E-state index contributed by atoms with van der Waals surface area (Å²) < 4.78 is 5.90. The van der Waals surface area contributed by atoms with Crippen LogP contribution in [-0.2, 0) is 6.61 Å². The van der Waals surface area contributed by atoms with Crippen LogP contribution < -0.4 is 21.9 Å². The molecule has 0 atom stereocenters. The number of aromatic nitrogens is 4. The van der Waals surface area contributed by atoms with Crippen LogP contribution in [-0.4, -0.2) is 15.0 Å². The van der Waals surface area contributed by atoms with Crippen LogP contribution in [0.1, 0.15) is 5.56 Å². The molecular weight excluding hydrogens is 420 g/mol. The van der Waals surface area contributed by atoms with Crippen molar-refractivity contribution < 1.29 is 21.9 Å². The van der Waals surface area contributed by atoms with E-state index in [1.54, 1.807) is 0 Å². The second-order valence-electron chi connectivity index (χ2n) is 7.07. The third-order valence-electron chi connectivity index (χ3n) is 4.89. The van der Waals surface area contributed by atoms with Crippen molar-refractivity contribution in [2.24, 2.45) is 0 Å². The quantitative estimate of drug-likeness (QED) is 0.378. The largest absolute Gasteiger partial charge is 1.00 e. The Labute approximate surface area is 192 Å². The molecule has 0 aliphatic carbocycles. The Bertz CT molecular complexity index is 1200. The number of hydrogen-bond donors (Lipinski definition) is 0. The standard InChI is InChI=1S/C26H21N4O.ClH/c1-4-10-21(11-5-1)20-31-25-18-16-22(17-19-25)26-27-29(23-12-6-2-7-13-23)30(28-26)24-14-8-3-9-15-24;/h1-19H,20H2;1H/q+1;/p-1. The summed E-state index contributed by atoms with van der Waals surface area (Å²) in [6.45, 7) is 0.537. The van der Waals surface area contributed by atoms with Crippen LogP contribution in [0.3, 0.4) is 0 Å². The molecule has 0 saturated heterocycles. The lowest BCUT2D eigenvalue weighted by molar-refractivity contribution is -0.734. The molecule has 0 N–H and O–H groups in total. The summed E-state index contributed by atoms with van der Waals surface area (Å²) in [6, 6.07) is 38.0. The van der Waals surface area contributed by atoms with E-state index in [-0.39, 0.29) is 12.4 Å². The summed E-state index contributed by atoms with van der Waals surface area (Å²) in [4.78, 5) is 3.62. The Morgan fingerprint density at radius 3 is 1.94 bits per heavy atom. The molecule has 0 unspecified atom stereocenters. The van der Waals surface area contributed by atoms with Crippen LogP contribution >= 0.6 is 0 Å². The predicted octanol–water partition coefficient (Wildman–Crippen LogP) is 1.79. The topological polar surface area (TPSA) is 43.8 Å². The van der Waals surface area contributed by atoms with Crippen LogP contribution in [0.5, 0.6) is 5.75 Å². The van der Waals surface area contributed by atoms with E-state index in [0.29, 0.717) is 12.4 Å². The number of benzene rings is 4. The minimum atomic E-state index is 0. The van der Waals surface area contributed by atoms with Crippen LogP contribution in [0.25, 0.3) is 22.8 Å². The summed E-state index contributed by atoms with van der Waals surface area (Å²) in [5, 5.41) is 9.56. The van der Waals surface area contributed by atoms with Crippen LogP contribution in [0, 0.1) is 0 Å². The number of halogens is 1. The lowest BCUT2D eigenvalue weighted by Gasteiger charge is -2.05. The lowest BCUT2D eigenvalue weighted by Crippen LogP contribution is -3.00. The van der Waals surface area contributed by atoms with Crippen molar-refractivity contribution in [3.63, 3.8) is 0 Å². The Morgan fingerprint density at radius 1 is 0.688 bits per heavy atom. The molecule has 6 heteroatoms. The molecule has 0 spiro atoms. The van der Waals surface area contributed by atoms with E-state index in [0.717, 1.165) is 28.3 Å². The molecule has 0 fully saturated rings. The highest BCUT2D eigenvalue weighted by atomic mass is 35.5. The lowest BCUT2D eigenvalue weighted by atomic mass is 10.2. The Morgan fingerprint density at radius 2 is 1.28 bits per heavy atom. The van der Waals surface area contributed by atoms with E-state index in [1.165, 1.54) is 0 Å². The minimum Gasteiger partial charge on any atom is -1.00 e. The van der Waals surface area contributed by atoms with Crippen LogP contribution in [0.2, 0.25) is 0 Å². The maximum absolute atomic E-state index is 5.90. The number of ether oxygens (including phenoxy) is 1. The van der Waals surface area contributed by atoms with Gasteiger partial charge in [0.2, 0.25) is 0 Å². The van der Waals surface area contributed by atoms with E-state index in [1.807, 2.05) is 113 Å². The van der Waals surface area contributed by atoms with Gasteiger partial charge in [-0.25, -0.2) is 0 Å². The van der Waals surface area contributed by atoms with Gasteiger partial charge in [0, 0.05) is 4.80 Å². The van der Waals surface area contributed by atoms with Gasteiger partial charge < -0.3 is 17.1 Å². The minimum absolute atomic E-state index is 0. The molecule has 1 aromatic heterocycles. The maximum Gasteiger partial charge on any atom is 0.340 e. The zero-order valence-electron chi connectivity index (χ0n) is 17.3. The number of hydrogen-bond acceptors (Lipinski definition) is 3. The molecule has 0 aliphatic heterocycles. The molecule has 1 heterocycles. The average Bonchev–Trinajstić information content (AvgIpc) is 3.30. The summed E-state index contributed by atoms with van der Waals surface area (Å²) in [6.07, 6.45) is 0. The Balaban J connectivity index is 0.00000245. The molecule has 0 bridgehead atoms. The van der Waals surface area contributed by atoms with Crippen molar-refractivity contribution in [3.05, 3.63) is 121 Å². The second kappa shape index (κ2) is 9.90. The fraction of sp³-hybridized carbons (Fsp3) is 0.0385. The van der Waals surface area contributed by atoms with Gasteiger partial charge in [0.15, 0.2) is 5.69 Å². The Kier molecular flexibility index (Phi) is 6.58. The van der Waals surface area contributed by atoms with Gasteiger partial charge in [-0.05, 0) is 64.0 Å². The molecule has 0 amide bonds. The first-order chi connectivity index (χ1) is 15.4. The van der Waals surface area contributed by atoms with Crippen LogP contribution in [0.4, 0.5) is 0 Å². The molecule has 4 aromatic carbocycles. The molecule has 0 aliphatic rings. The maximum atomic E-state index is 5.90. The Hall–Kier alpha value is -3.96. The molecule has 5 nitrogen and oxygen atoms in total. The fourth-order valence-electron chi connectivity index (χ4n) is 3.30. The number of nitrogens with zero attached hydrogens (tertiary/aromatic N) is 4. The third-order valence-corrected chi connectivity index (χ3v) is 4.89. The molecule has 5 rings (SSSR count). The summed E-state index contributed by atoms with van der Waals surface area (Å²) in [7, 11) is 0. The van der Waals surface area contributed by atoms with Gasteiger partial charge in [-0.2, -0.15) is 0 Å². The highest BCUT2D eigenvalue weighted by Crippen LogP contribution is 2.20. The van der Waals surface area contributed by atoms with Crippen molar-refractivity contribution >= 4 is 0 Å². The van der Waals surface area contributed by atoms with Crippen molar-refractivity contribution in [2.75, 3.05) is 0 Å². The van der Waals surface area contributed by atoms with Gasteiger partial charge in [-0.1, -0.05) is 66.7 Å². The first kappa shape index (κ1) is 21.3. The smallest absolute Gasteiger partial charge is 0.340 e. The summed E-state index contributed by atoms with van der Waals surface area (Å²) in [5.74, 6) is 1.45. The monoisotopic (exact) mass is 440 g/mol. The molecule has 158 valence electrons. The van der Waals surface area contributed by atoms with Gasteiger partial charge >= 0.3 is 5.82 Å². The SMILES string of the molecule is [Cl-].c1ccc(COc2ccc(-c3nn(-c4ccccc4)[n+](-c4ccccc4)n3)cc2)cc1. The van der Waals surface area contributed by atoms with E-state index in [4.69, 9.17) is 14.9 Å². The van der Waals surface area contributed by atoms with E-state index in [2.05, 4.69) is 12.1 Å². The van der Waals surface area contributed by atoms with Crippen molar-refractivity contribution in [2.45, 2.75) is 6.61 Å². The summed E-state index contributed by atoms with van der Waals surface area (Å²) in [5.41, 5.74) is 3.94. The van der Waals surface area contributed by atoms with Gasteiger partial charge in [-0.3, -0.25) is 0 Å². The zero-order chi connectivity index (χ0) is 20.9. The fourth-order valence-corrected chi connectivity index (χ4v) is 3.30. The molecule has 0 saturated carbocycles. The first-order valence-electron chi connectivity index (χ1n) is 10.1. The molecule has 5 aromatic rings. The second-order valence-corrected chi connectivity index (χ2v) is 7.07. The molecular formula is C26H21ClN4O. The number of para-hydroxylation sites is 2. The number of tetrazole rings is 1. The van der Waals surface area contributed by atoms with Gasteiger partial charge in [0.25, 0.3) is 0 Å². The normalized spacial score (nSPS) is 10.4. The van der Waals surface area contributed by atoms with Crippen molar-refractivity contribution in [1.29, 1.82) is 0 Å². The molecule has 0 radical (unpaired) electrons. The predicted molar refractivity (Wildman–Crippen MR) is 119 cm³/mol. The van der Waals surface area contributed by atoms with Gasteiger partial charge in [-0.15, -0.1) is 0 Å². The average molecular weight is 441 g/mol. The highest BCUT2D eigenvalue weighted by molar-refractivity contribution is 5.55. The molecule has 32 heavy (non-hydrogen) atoms. The van der Waals surface area contributed by atoms with Crippen LogP contribution in [0.15, 0.2) is 115 Å². The van der Waals surface area contributed by atoms with Crippen molar-refractivity contribution in [1.82, 2.24) is 15.0 Å². The van der Waals surface area contributed by atoms with Gasteiger partial charge in [0.1, 0.15) is 18.0 Å². The first-order valence-corrected chi connectivity index (χ1v) is 10.1. The highest BCUT2D eigenvalue weighted by Gasteiger charge is 2.23. The van der Waals surface area contributed by atoms with E-state index >= 15 is 0 Å². The third kappa shape index (κ3) is 4.68. The zero-order valence-corrected chi connectivity index (χ0v) is 18.0. The number of rotatable bonds is 6.